The maximum atomic E-state index is 12.8. The van der Waals surface area contributed by atoms with Crippen molar-refractivity contribution in [2.45, 2.75) is 20.4 Å². The Kier molecular flexibility index (Phi) is 3.74. The molecule has 0 saturated carbocycles. The summed E-state index contributed by atoms with van der Waals surface area (Å²) in [5.74, 6) is 0.0738. The summed E-state index contributed by atoms with van der Waals surface area (Å²) in [7, 11) is 0. The second kappa shape index (κ2) is 6.20. The molecule has 2 aromatic carbocycles. The van der Waals surface area contributed by atoms with Crippen LogP contribution in [-0.4, -0.2) is 32.9 Å². The molecule has 0 spiro atoms. The van der Waals surface area contributed by atoms with E-state index in [0.29, 0.717) is 30.3 Å². The summed E-state index contributed by atoms with van der Waals surface area (Å²) in [5.41, 5.74) is 3.59. The summed E-state index contributed by atoms with van der Waals surface area (Å²) in [5, 5.41) is 6.75. The predicted molar refractivity (Wildman–Crippen MR) is 112 cm³/mol. The van der Waals surface area contributed by atoms with Crippen LogP contribution >= 0.6 is 0 Å². The summed E-state index contributed by atoms with van der Waals surface area (Å²) in [4.78, 5) is 32.8. The molecule has 0 unspecified atom stereocenters. The third-order valence-corrected chi connectivity index (χ3v) is 5.33. The highest BCUT2D eigenvalue weighted by atomic mass is 16.2. The number of rotatable bonds is 2. The Morgan fingerprint density at radius 2 is 2.00 bits per heavy atom. The summed E-state index contributed by atoms with van der Waals surface area (Å²) in [6.07, 6.45) is 0. The SMILES string of the molecule is CC1(C)CNC(=O)c2cc3ccc(C(=O)Nc4nc5ccccc5[nH]4)cc3n2C1. The number of hydrogen-bond acceptors (Lipinski definition) is 3. The molecule has 1 aliphatic rings. The number of imidazole rings is 1. The van der Waals surface area contributed by atoms with Gasteiger partial charge in [-0.3, -0.25) is 14.9 Å². The zero-order chi connectivity index (χ0) is 20.2. The lowest BCUT2D eigenvalue weighted by atomic mass is 9.93. The smallest absolute Gasteiger partial charge is 0.267 e. The van der Waals surface area contributed by atoms with Gasteiger partial charge in [0, 0.05) is 35.0 Å². The Morgan fingerprint density at radius 1 is 1.17 bits per heavy atom. The second-order valence-electron chi connectivity index (χ2n) is 8.29. The molecule has 4 aromatic rings. The minimum atomic E-state index is -0.251. The van der Waals surface area contributed by atoms with Crippen molar-refractivity contribution in [1.82, 2.24) is 19.9 Å². The lowest BCUT2D eigenvalue weighted by Crippen LogP contribution is -2.31. The number of carbonyl (C=O) groups is 2. The molecule has 0 radical (unpaired) electrons. The lowest BCUT2D eigenvalue weighted by molar-refractivity contribution is 0.0942. The van der Waals surface area contributed by atoms with Crippen LogP contribution in [0.1, 0.15) is 34.7 Å². The number of H-pyrrole nitrogens is 1. The van der Waals surface area contributed by atoms with E-state index < -0.39 is 0 Å². The van der Waals surface area contributed by atoms with Crippen LogP contribution < -0.4 is 10.6 Å². The topological polar surface area (TPSA) is 91.8 Å². The standard InChI is InChI=1S/C22H21N5O2/c1-22(2)11-23-20(29)18-9-13-7-8-14(10-17(13)27(18)12-22)19(28)26-21-24-15-5-3-4-6-16(15)25-21/h3-10H,11-12H2,1-2H3,(H,23,29)(H2,24,25,26,28). The number of anilines is 1. The van der Waals surface area contributed by atoms with Crippen molar-refractivity contribution in [3.05, 3.63) is 59.8 Å². The average Bonchev–Trinajstić information content (AvgIpc) is 3.23. The first-order chi connectivity index (χ1) is 13.9. The number of para-hydroxylation sites is 2. The summed E-state index contributed by atoms with van der Waals surface area (Å²) >= 11 is 0. The molecular formula is C22H21N5O2. The van der Waals surface area contributed by atoms with Gasteiger partial charge in [-0.2, -0.15) is 0 Å². The Morgan fingerprint density at radius 3 is 2.83 bits per heavy atom. The van der Waals surface area contributed by atoms with Crippen LogP contribution in [0, 0.1) is 5.41 Å². The normalized spacial score (nSPS) is 15.7. The van der Waals surface area contributed by atoms with Gasteiger partial charge in [-0.1, -0.05) is 32.0 Å². The van der Waals surface area contributed by atoms with Crippen LogP contribution in [0.4, 0.5) is 5.95 Å². The molecule has 0 fully saturated rings. The molecule has 146 valence electrons. The highest BCUT2D eigenvalue weighted by molar-refractivity contribution is 6.07. The number of amides is 2. The molecule has 0 atom stereocenters. The third-order valence-electron chi connectivity index (χ3n) is 5.33. The van der Waals surface area contributed by atoms with E-state index >= 15 is 0 Å². The molecule has 29 heavy (non-hydrogen) atoms. The van der Waals surface area contributed by atoms with Crippen LogP contribution in [0.25, 0.3) is 21.9 Å². The van der Waals surface area contributed by atoms with Crippen molar-refractivity contribution in [3.63, 3.8) is 0 Å². The van der Waals surface area contributed by atoms with Crippen molar-refractivity contribution >= 4 is 39.7 Å². The number of fused-ring (bicyclic) bond motifs is 4. The van der Waals surface area contributed by atoms with E-state index in [1.54, 1.807) is 6.07 Å². The van der Waals surface area contributed by atoms with E-state index in [9.17, 15) is 9.59 Å². The van der Waals surface area contributed by atoms with Crippen molar-refractivity contribution in [1.29, 1.82) is 0 Å². The Labute approximate surface area is 167 Å². The highest BCUT2D eigenvalue weighted by Crippen LogP contribution is 2.29. The largest absolute Gasteiger partial charge is 0.350 e. The highest BCUT2D eigenvalue weighted by Gasteiger charge is 2.28. The summed E-state index contributed by atoms with van der Waals surface area (Å²) < 4.78 is 2.01. The predicted octanol–water partition coefficient (Wildman–Crippen LogP) is 3.54. The molecule has 7 nitrogen and oxygen atoms in total. The van der Waals surface area contributed by atoms with Crippen molar-refractivity contribution in [3.8, 4) is 0 Å². The second-order valence-corrected chi connectivity index (χ2v) is 8.29. The van der Waals surface area contributed by atoms with Gasteiger partial charge in [-0.25, -0.2) is 4.98 Å². The van der Waals surface area contributed by atoms with Crippen LogP contribution in [0.15, 0.2) is 48.5 Å². The van der Waals surface area contributed by atoms with Gasteiger partial charge in [0.25, 0.3) is 11.8 Å². The van der Waals surface area contributed by atoms with Crippen LogP contribution in [-0.2, 0) is 6.54 Å². The molecule has 0 saturated heterocycles. The summed E-state index contributed by atoms with van der Waals surface area (Å²) in [6.45, 7) is 5.54. The van der Waals surface area contributed by atoms with Crippen LogP contribution in [0.5, 0.6) is 0 Å². The minimum Gasteiger partial charge on any atom is -0.350 e. The Hall–Kier alpha value is -3.61. The Bertz CT molecular complexity index is 1250. The minimum absolute atomic E-state index is 0.0833. The average molecular weight is 387 g/mol. The van der Waals surface area contributed by atoms with E-state index in [2.05, 4.69) is 34.4 Å². The van der Waals surface area contributed by atoms with E-state index in [-0.39, 0.29) is 17.2 Å². The summed E-state index contributed by atoms with van der Waals surface area (Å²) in [6, 6.07) is 15.0. The molecule has 5 rings (SSSR count). The fourth-order valence-corrected chi connectivity index (χ4v) is 3.84. The van der Waals surface area contributed by atoms with E-state index in [4.69, 9.17) is 0 Å². The molecule has 1 aliphatic heterocycles. The van der Waals surface area contributed by atoms with Crippen molar-refractivity contribution in [2.24, 2.45) is 5.41 Å². The number of carbonyl (C=O) groups excluding carboxylic acids is 2. The number of hydrogen-bond donors (Lipinski definition) is 3. The molecule has 0 aliphatic carbocycles. The van der Waals surface area contributed by atoms with Crippen molar-refractivity contribution in [2.75, 3.05) is 11.9 Å². The lowest BCUT2D eigenvalue weighted by Gasteiger charge is -2.23. The zero-order valence-corrected chi connectivity index (χ0v) is 16.2. The first-order valence-electron chi connectivity index (χ1n) is 9.57. The number of nitrogens with one attached hydrogen (secondary N) is 3. The molecule has 2 aromatic heterocycles. The fourth-order valence-electron chi connectivity index (χ4n) is 3.84. The number of aromatic nitrogens is 3. The van der Waals surface area contributed by atoms with Gasteiger partial charge < -0.3 is 14.9 Å². The first-order valence-corrected chi connectivity index (χ1v) is 9.57. The molecule has 3 heterocycles. The van der Waals surface area contributed by atoms with Gasteiger partial charge in [0.1, 0.15) is 5.69 Å². The number of nitrogens with zero attached hydrogens (tertiary/aromatic N) is 2. The van der Waals surface area contributed by atoms with E-state index in [1.165, 1.54) is 0 Å². The van der Waals surface area contributed by atoms with E-state index in [0.717, 1.165) is 21.9 Å². The number of aromatic amines is 1. The van der Waals surface area contributed by atoms with Crippen LogP contribution in [0.3, 0.4) is 0 Å². The molecule has 7 heteroatoms. The van der Waals surface area contributed by atoms with Crippen LogP contribution in [0.2, 0.25) is 0 Å². The quantitative estimate of drug-likeness (QED) is 0.491. The molecular weight excluding hydrogens is 366 g/mol. The third kappa shape index (κ3) is 3.04. The van der Waals surface area contributed by atoms with Gasteiger partial charge in [0.2, 0.25) is 5.95 Å². The van der Waals surface area contributed by atoms with E-state index in [1.807, 2.05) is 47.0 Å². The maximum absolute atomic E-state index is 12.8. The van der Waals surface area contributed by atoms with Gasteiger partial charge >= 0.3 is 0 Å². The zero-order valence-electron chi connectivity index (χ0n) is 16.2. The first kappa shape index (κ1) is 17.5. The van der Waals surface area contributed by atoms with Gasteiger partial charge in [-0.15, -0.1) is 0 Å². The monoisotopic (exact) mass is 387 g/mol. The number of benzene rings is 2. The molecule has 0 bridgehead atoms. The fraction of sp³-hybridized carbons (Fsp3) is 0.227. The van der Waals surface area contributed by atoms with Gasteiger partial charge in [0.05, 0.1) is 11.0 Å². The van der Waals surface area contributed by atoms with Gasteiger partial charge in [-0.05, 0) is 30.3 Å². The molecule has 2 amide bonds. The maximum Gasteiger partial charge on any atom is 0.267 e. The molecule has 3 N–H and O–H groups in total. The van der Waals surface area contributed by atoms with Gasteiger partial charge in [0.15, 0.2) is 0 Å². The van der Waals surface area contributed by atoms with Crippen molar-refractivity contribution < 1.29 is 9.59 Å². The Balaban J connectivity index is 1.51.